The maximum atomic E-state index is 11.2. The number of halogens is 1. The van der Waals surface area contributed by atoms with Gasteiger partial charge in [0.25, 0.3) is 0 Å². The largest absolute Gasteiger partial charge is 0.357 e. The van der Waals surface area contributed by atoms with Gasteiger partial charge < -0.3 is 16.0 Å². The van der Waals surface area contributed by atoms with Gasteiger partial charge in [0, 0.05) is 38.3 Å². The lowest BCUT2D eigenvalue weighted by molar-refractivity contribution is -0.114. The summed E-state index contributed by atoms with van der Waals surface area (Å²) in [5.74, 6) is 0.779. The Hall–Kier alpha value is -1.35. The van der Waals surface area contributed by atoms with Crippen molar-refractivity contribution in [3.8, 4) is 0 Å². The number of amides is 1. The number of anilines is 1. The third kappa shape index (κ3) is 8.77. The van der Waals surface area contributed by atoms with Crippen LogP contribution in [-0.4, -0.2) is 49.0 Å². The summed E-state index contributed by atoms with van der Waals surface area (Å²) in [5.41, 5.74) is 1.88. The number of nitrogens with one attached hydrogen (secondary N) is 3. The van der Waals surface area contributed by atoms with Crippen molar-refractivity contribution in [1.29, 1.82) is 0 Å². The van der Waals surface area contributed by atoms with Gasteiger partial charge in [-0.1, -0.05) is 25.5 Å². The Morgan fingerprint density at radius 1 is 1.25 bits per heavy atom. The quantitative estimate of drug-likeness (QED) is 0.290. The molecule has 0 bridgehead atoms. The molecule has 1 saturated heterocycles. The van der Waals surface area contributed by atoms with Crippen molar-refractivity contribution in [1.82, 2.24) is 15.5 Å². The van der Waals surface area contributed by atoms with Crippen LogP contribution < -0.4 is 16.0 Å². The number of nitrogens with zero attached hydrogens (tertiary/aromatic N) is 2. The Labute approximate surface area is 187 Å². The minimum absolute atomic E-state index is 0. The van der Waals surface area contributed by atoms with E-state index in [1.165, 1.54) is 39.2 Å². The van der Waals surface area contributed by atoms with E-state index >= 15 is 0 Å². The fraction of sp³-hybridized carbons (Fsp3) is 0.619. The zero-order valence-electron chi connectivity index (χ0n) is 17.5. The topological polar surface area (TPSA) is 68.8 Å². The first kappa shape index (κ1) is 24.7. The first-order valence-electron chi connectivity index (χ1n) is 10.2. The molecule has 1 fully saturated rings. The van der Waals surface area contributed by atoms with E-state index in [4.69, 9.17) is 0 Å². The van der Waals surface area contributed by atoms with Crippen LogP contribution in [-0.2, 0) is 11.3 Å². The maximum absolute atomic E-state index is 11.2. The standard InChI is InChI=1S/C21H35N5O.HI/c1-4-20-11-6-7-13-26(20)14-12-23-21(22-5-2)24-16-18-9-8-10-19(15-18)25-17(3)27;/h8-10,15,20H,4-7,11-14,16H2,1-3H3,(H,25,27)(H2,22,23,24);1H. The SMILES string of the molecule is CCNC(=NCc1cccc(NC(C)=O)c1)NCCN1CCCCC1CC.I. The molecule has 7 heteroatoms. The molecule has 0 saturated carbocycles. The molecule has 158 valence electrons. The smallest absolute Gasteiger partial charge is 0.221 e. The number of benzene rings is 1. The minimum Gasteiger partial charge on any atom is -0.357 e. The van der Waals surface area contributed by atoms with E-state index in [9.17, 15) is 4.79 Å². The molecule has 1 aliphatic heterocycles. The van der Waals surface area contributed by atoms with Crippen LogP contribution in [0.25, 0.3) is 0 Å². The Balaban J connectivity index is 0.00000392. The molecule has 1 amide bonds. The van der Waals surface area contributed by atoms with Gasteiger partial charge in [0.1, 0.15) is 0 Å². The third-order valence-electron chi connectivity index (χ3n) is 4.92. The van der Waals surface area contributed by atoms with Gasteiger partial charge in [0.15, 0.2) is 5.96 Å². The molecule has 1 aromatic carbocycles. The van der Waals surface area contributed by atoms with Crippen molar-refractivity contribution in [3.05, 3.63) is 29.8 Å². The van der Waals surface area contributed by atoms with Crippen molar-refractivity contribution in [2.24, 2.45) is 4.99 Å². The summed E-state index contributed by atoms with van der Waals surface area (Å²) in [6, 6.07) is 8.56. The van der Waals surface area contributed by atoms with Crippen molar-refractivity contribution in [3.63, 3.8) is 0 Å². The number of likely N-dealkylation sites (tertiary alicyclic amines) is 1. The lowest BCUT2D eigenvalue weighted by Crippen LogP contribution is -2.45. The highest BCUT2D eigenvalue weighted by Crippen LogP contribution is 2.18. The summed E-state index contributed by atoms with van der Waals surface area (Å²) < 4.78 is 0. The second-order valence-electron chi connectivity index (χ2n) is 7.10. The van der Waals surface area contributed by atoms with E-state index < -0.39 is 0 Å². The molecule has 6 nitrogen and oxygen atoms in total. The molecule has 28 heavy (non-hydrogen) atoms. The highest BCUT2D eigenvalue weighted by atomic mass is 127. The van der Waals surface area contributed by atoms with Crippen molar-refractivity contribution in [2.75, 3.05) is 31.5 Å². The fourth-order valence-corrected chi connectivity index (χ4v) is 3.60. The van der Waals surface area contributed by atoms with E-state index in [0.29, 0.717) is 6.54 Å². The molecular weight excluding hydrogens is 465 g/mol. The van der Waals surface area contributed by atoms with E-state index in [0.717, 1.165) is 42.9 Å². The average molecular weight is 501 g/mol. The highest BCUT2D eigenvalue weighted by molar-refractivity contribution is 14.0. The van der Waals surface area contributed by atoms with Gasteiger partial charge in [-0.15, -0.1) is 24.0 Å². The summed E-state index contributed by atoms with van der Waals surface area (Å²) in [4.78, 5) is 18.5. The molecule has 1 aromatic rings. The zero-order valence-corrected chi connectivity index (χ0v) is 19.8. The number of rotatable bonds is 8. The number of guanidine groups is 1. The van der Waals surface area contributed by atoms with Crippen LogP contribution in [0.4, 0.5) is 5.69 Å². The number of piperidine rings is 1. The van der Waals surface area contributed by atoms with Crippen LogP contribution in [0, 0.1) is 0 Å². The molecule has 0 aliphatic carbocycles. The summed E-state index contributed by atoms with van der Waals surface area (Å²) in [6.45, 7) is 10.5. The zero-order chi connectivity index (χ0) is 19.5. The lowest BCUT2D eigenvalue weighted by Gasteiger charge is -2.35. The van der Waals surface area contributed by atoms with Crippen molar-refractivity contribution >= 4 is 41.5 Å². The summed E-state index contributed by atoms with van der Waals surface area (Å²) in [6.07, 6.45) is 5.24. The van der Waals surface area contributed by atoms with E-state index in [1.807, 2.05) is 24.3 Å². The molecule has 1 heterocycles. The van der Waals surface area contributed by atoms with E-state index in [2.05, 4.69) is 39.7 Å². The van der Waals surface area contributed by atoms with Crippen LogP contribution in [0.3, 0.4) is 0 Å². The number of aliphatic imine (C=N–C) groups is 1. The third-order valence-corrected chi connectivity index (χ3v) is 4.92. The number of carbonyl (C=O) groups is 1. The molecule has 0 spiro atoms. The molecule has 0 aromatic heterocycles. The predicted octanol–water partition coefficient (Wildman–Crippen LogP) is 3.58. The van der Waals surface area contributed by atoms with Crippen molar-refractivity contribution in [2.45, 2.75) is 59.0 Å². The summed E-state index contributed by atoms with van der Waals surface area (Å²) >= 11 is 0. The molecule has 1 aliphatic rings. The molecule has 3 N–H and O–H groups in total. The van der Waals surface area contributed by atoms with E-state index in [-0.39, 0.29) is 29.9 Å². The highest BCUT2D eigenvalue weighted by Gasteiger charge is 2.19. The van der Waals surface area contributed by atoms with Gasteiger partial charge in [0.2, 0.25) is 5.91 Å². The number of hydrogen-bond acceptors (Lipinski definition) is 3. The van der Waals surface area contributed by atoms with Crippen LogP contribution >= 0.6 is 24.0 Å². The monoisotopic (exact) mass is 501 g/mol. The van der Waals surface area contributed by atoms with Gasteiger partial charge in [-0.3, -0.25) is 9.69 Å². The Morgan fingerprint density at radius 3 is 2.79 bits per heavy atom. The van der Waals surface area contributed by atoms with E-state index in [1.54, 1.807) is 0 Å². The van der Waals surface area contributed by atoms with Crippen LogP contribution in [0.15, 0.2) is 29.3 Å². The second kappa shape index (κ2) is 13.8. The van der Waals surface area contributed by atoms with Gasteiger partial charge in [-0.25, -0.2) is 4.99 Å². The van der Waals surface area contributed by atoms with Crippen molar-refractivity contribution < 1.29 is 4.79 Å². The van der Waals surface area contributed by atoms with Crippen LogP contribution in [0.2, 0.25) is 0 Å². The Kier molecular flexibility index (Phi) is 12.1. The predicted molar refractivity (Wildman–Crippen MR) is 128 cm³/mol. The van der Waals surface area contributed by atoms with Gasteiger partial charge in [0.05, 0.1) is 6.54 Å². The first-order chi connectivity index (χ1) is 13.1. The lowest BCUT2D eigenvalue weighted by atomic mass is 10.0. The molecule has 0 radical (unpaired) electrons. The number of hydrogen-bond donors (Lipinski definition) is 3. The van der Waals surface area contributed by atoms with Gasteiger partial charge in [-0.05, 0) is 50.4 Å². The van der Waals surface area contributed by atoms with Gasteiger partial charge in [-0.2, -0.15) is 0 Å². The van der Waals surface area contributed by atoms with Gasteiger partial charge >= 0.3 is 0 Å². The normalized spacial score (nSPS) is 17.5. The second-order valence-corrected chi connectivity index (χ2v) is 7.10. The minimum atomic E-state index is -0.0613. The summed E-state index contributed by atoms with van der Waals surface area (Å²) in [7, 11) is 0. The fourth-order valence-electron chi connectivity index (χ4n) is 3.60. The first-order valence-corrected chi connectivity index (χ1v) is 10.2. The molecule has 1 unspecified atom stereocenters. The Bertz CT molecular complexity index is 623. The van der Waals surface area contributed by atoms with Crippen LogP contribution in [0.1, 0.15) is 52.0 Å². The summed E-state index contributed by atoms with van der Waals surface area (Å²) in [5, 5.41) is 9.58. The average Bonchev–Trinajstić information content (AvgIpc) is 2.66. The maximum Gasteiger partial charge on any atom is 0.221 e. The Morgan fingerprint density at radius 2 is 2.07 bits per heavy atom. The van der Waals surface area contributed by atoms with Crippen LogP contribution in [0.5, 0.6) is 0 Å². The number of carbonyl (C=O) groups excluding carboxylic acids is 1. The molecule has 2 rings (SSSR count). The molecular formula is C21H36IN5O. The molecule has 1 atom stereocenters.